The summed E-state index contributed by atoms with van der Waals surface area (Å²) in [5.41, 5.74) is 9.31. The maximum atomic E-state index is 6.58. The maximum absolute atomic E-state index is 6.58. The fourth-order valence-electron chi connectivity index (χ4n) is 3.23. The molecule has 1 heterocycles. The molecule has 3 unspecified atom stereocenters. The molecule has 0 saturated heterocycles. The smallest absolute Gasteiger partial charge is 0.0488 e. The molecule has 3 atom stereocenters. The van der Waals surface area contributed by atoms with Crippen LogP contribution in [-0.4, -0.2) is 0 Å². The lowest BCUT2D eigenvalue weighted by Crippen LogP contribution is -2.12. The zero-order valence-electron chi connectivity index (χ0n) is 11.5. The van der Waals surface area contributed by atoms with Gasteiger partial charge in [-0.05, 0) is 62.1 Å². The second kappa shape index (κ2) is 5.24. The van der Waals surface area contributed by atoms with Crippen LogP contribution in [0.3, 0.4) is 0 Å². The summed E-state index contributed by atoms with van der Waals surface area (Å²) < 4.78 is 2.47. The highest BCUT2D eigenvalue weighted by Crippen LogP contribution is 2.54. The Morgan fingerprint density at radius 3 is 2.71 bits per heavy atom. The van der Waals surface area contributed by atoms with E-state index >= 15 is 0 Å². The van der Waals surface area contributed by atoms with Gasteiger partial charge in [-0.2, -0.15) is 0 Å². The lowest BCUT2D eigenvalue weighted by molar-refractivity contribution is 0.621. The predicted octanol–water partition coefficient (Wildman–Crippen LogP) is 5.47. The highest BCUT2D eigenvalue weighted by molar-refractivity contribution is 9.10. The average molecular weight is 358 g/mol. The number of hydrogen-bond acceptors (Lipinski definition) is 2. The molecule has 4 rings (SSSR count). The van der Waals surface area contributed by atoms with Crippen LogP contribution < -0.4 is 5.73 Å². The van der Waals surface area contributed by atoms with Gasteiger partial charge in [0.1, 0.15) is 0 Å². The van der Waals surface area contributed by atoms with Gasteiger partial charge in [0, 0.05) is 15.2 Å². The van der Waals surface area contributed by atoms with Gasteiger partial charge in [-0.3, -0.25) is 0 Å². The number of thiophene rings is 1. The summed E-state index contributed by atoms with van der Waals surface area (Å²) >= 11 is 5.41. The van der Waals surface area contributed by atoms with Gasteiger partial charge in [0.25, 0.3) is 0 Å². The van der Waals surface area contributed by atoms with Crippen molar-refractivity contribution in [2.45, 2.75) is 18.4 Å². The van der Waals surface area contributed by atoms with Crippen LogP contribution in [0.5, 0.6) is 0 Å². The van der Waals surface area contributed by atoms with Crippen LogP contribution in [0, 0.1) is 5.92 Å². The van der Waals surface area contributed by atoms with Crippen LogP contribution in [-0.2, 0) is 0 Å². The highest BCUT2D eigenvalue weighted by atomic mass is 79.9. The number of hydrogen-bond donors (Lipinski definition) is 1. The Balaban J connectivity index is 1.64. The summed E-state index contributed by atoms with van der Waals surface area (Å²) in [6, 6.07) is 17.3. The minimum atomic E-state index is 0.137. The molecule has 0 amide bonds. The summed E-state index contributed by atoms with van der Waals surface area (Å²) in [5, 5.41) is 3.54. The molecule has 2 N–H and O–H groups in total. The minimum absolute atomic E-state index is 0.137. The van der Waals surface area contributed by atoms with Crippen LogP contribution in [0.15, 0.2) is 58.4 Å². The normalized spacial score (nSPS) is 22.4. The quantitative estimate of drug-likeness (QED) is 0.660. The van der Waals surface area contributed by atoms with Crippen molar-refractivity contribution < 1.29 is 0 Å². The van der Waals surface area contributed by atoms with Gasteiger partial charge in [0.05, 0.1) is 0 Å². The lowest BCUT2D eigenvalue weighted by Gasteiger charge is -2.11. The summed E-state index contributed by atoms with van der Waals surface area (Å²) in [6.45, 7) is 0. The van der Waals surface area contributed by atoms with Crippen LogP contribution >= 0.6 is 27.3 Å². The van der Waals surface area contributed by atoms with Crippen LogP contribution in [0.4, 0.5) is 0 Å². The van der Waals surface area contributed by atoms with E-state index in [2.05, 4.69) is 69.8 Å². The topological polar surface area (TPSA) is 26.0 Å². The molecule has 21 heavy (non-hydrogen) atoms. The van der Waals surface area contributed by atoms with Gasteiger partial charge in [0.15, 0.2) is 0 Å². The number of nitrogens with two attached hydrogens (primary N) is 1. The van der Waals surface area contributed by atoms with E-state index in [4.69, 9.17) is 5.73 Å². The van der Waals surface area contributed by atoms with Crippen molar-refractivity contribution in [1.82, 2.24) is 0 Å². The molecule has 0 aliphatic heterocycles. The Hall–Kier alpha value is -1.16. The third kappa shape index (κ3) is 2.33. The van der Waals surface area contributed by atoms with Crippen LogP contribution in [0.2, 0.25) is 0 Å². The Bertz CT molecular complexity index is 780. The van der Waals surface area contributed by atoms with Gasteiger partial charge in [0.2, 0.25) is 0 Å². The molecule has 1 aliphatic carbocycles. The van der Waals surface area contributed by atoms with Gasteiger partial charge in [-0.15, -0.1) is 11.3 Å². The summed E-state index contributed by atoms with van der Waals surface area (Å²) in [7, 11) is 0. The number of rotatable bonds is 3. The summed E-state index contributed by atoms with van der Waals surface area (Å²) in [4.78, 5) is 0. The van der Waals surface area contributed by atoms with Crippen molar-refractivity contribution in [2.24, 2.45) is 11.7 Å². The second-order valence-corrected chi connectivity index (χ2v) is 7.48. The predicted molar refractivity (Wildman–Crippen MR) is 93.7 cm³/mol. The first-order valence-corrected chi connectivity index (χ1v) is 8.89. The van der Waals surface area contributed by atoms with E-state index in [9.17, 15) is 0 Å². The monoisotopic (exact) mass is 357 g/mol. The summed E-state index contributed by atoms with van der Waals surface area (Å²) in [6.07, 6.45) is 1.20. The number of halogens is 1. The molecule has 2 aromatic carbocycles. The fourth-order valence-corrected chi connectivity index (χ4v) is 4.89. The van der Waals surface area contributed by atoms with Gasteiger partial charge in [-0.25, -0.2) is 0 Å². The standard InChI is InChI=1S/C18H16BrNS/c19-16-8-4-7-12-15(10-21-18(12)16)17(20)14-9-13(14)11-5-2-1-3-6-11/h1-8,10,13-14,17H,9,20H2. The molecule has 1 saturated carbocycles. The largest absolute Gasteiger partial charge is 0.324 e. The van der Waals surface area contributed by atoms with Crippen molar-refractivity contribution >= 4 is 37.4 Å². The SMILES string of the molecule is NC(c1csc2c(Br)cccc12)C1CC1c1ccccc1. The number of fused-ring (bicyclic) bond motifs is 1. The van der Waals surface area contributed by atoms with E-state index in [1.807, 2.05) is 0 Å². The molecular formula is C18H16BrNS. The second-order valence-electron chi connectivity index (χ2n) is 5.75. The Morgan fingerprint density at radius 2 is 1.90 bits per heavy atom. The van der Waals surface area contributed by atoms with Crippen LogP contribution in [0.1, 0.15) is 29.5 Å². The Kier molecular flexibility index (Phi) is 3.37. The van der Waals surface area contributed by atoms with E-state index in [1.54, 1.807) is 11.3 Å². The molecule has 1 nitrogen and oxygen atoms in total. The molecule has 0 bridgehead atoms. The molecule has 1 fully saturated rings. The van der Waals surface area contributed by atoms with Crippen molar-refractivity contribution in [3.63, 3.8) is 0 Å². The van der Waals surface area contributed by atoms with Gasteiger partial charge >= 0.3 is 0 Å². The molecule has 0 spiro atoms. The Labute approximate surface area is 136 Å². The Morgan fingerprint density at radius 1 is 1.10 bits per heavy atom. The van der Waals surface area contributed by atoms with Gasteiger partial charge in [-0.1, -0.05) is 42.5 Å². The van der Waals surface area contributed by atoms with E-state index < -0.39 is 0 Å². The third-order valence-electron chi connectivity index (χ3n) is 4.47. The van der Waals surface area contributed by atoms with Crippen LogP contribution in [0.25, 0.3) is 10.1 Å². The average Bonchev–Trinajstić information content (AvgIpc) is 3.20. The lowest BCUT2D eigenvalue weighted by atomic mass is 9.99. The first-order chi connectivity index (χ1) is 10.3. The van der Waals surface area contributed by atoms with Gasteiger partial charge < -0.3 is 5.73 Å². The van der Waals surface area contributed by atoms with Crippen molar-refractivity contribution in [2.75, 3.05) is 0 Å². The first kappa shape index (κ1) is 13.5. The molecule has 3 heteroatoms. The molecule has 1 aliphatic rings. The van der Waals surface area contributed by atoms with Crippen molar-refractivity contribution in [3.8, 4) is 0 Å². The maximum Gasteiger partial charge on any atom is 0.0488 e. The van der Waals surface area contributed by atoms with Crippen molar-refractivity contribution in [3.05, 3.63) is 69.5 Å². The fraction of sp³-hybridized carbons (Fsp3) is 0.222. The van der Waals surface area contributed by atoms with E-state index in [0.717, 1.165) is 0 Å². The zero-order valence-corrected chi connectivity index (χ0v) is 13.9. The zero-order chi connectivity index (χ0) is 14.4. The molecule has 3 aromatic rings. The third-order valence-corrected chi connectivity index (χ3v) is 6.44. The molecular weight excluding hydrogens is 342 g/mol. The molecule has 1 aromatic heterocycles. The van der Waals surface area contributed by atoms with Crippen molar-refractivity contribution in [1.29, 1.82) is 0 Å². The van der Waals surface area contributed by atoms with E-state index in [0.29, 0.717) is 11.8 Å². The summed E-state index contributed by atoms with van der Waals surface area (Å²) in [5.74, 6) is 1.20. The number of benzene rings is 2. The van der Waals surface area contributed by atoms with E-state index in [-0.39, 0.29) is 6.04 Å². The first-order valence-electron chi connectivity index (χ1n) is 7.22. The minimum Gasteiger partial charge on any atom is -0.324 e. The highest BCUT2D eigenvalue weighted by Gasteiger charge is 2.43. The van der Waals surface area contributed by atoms with E-state index in [1.165, 1.54) is 32.1 Å². The molecule has 106 valence electrons. The molecule has 0 radical (unpaired) electrons.